The highest BCUT2D eigenvalue weighted by Gasteiger charge is 2.66. The van der Waals surface area contributed by atoms with E-state index in [9.17, 15) is 24.6 Å². The minimum absolute atomic E-state index is 0.00219. The summed E-state index contributed by atoms with van der Waals surface area (Å²) < 4.78 is 17.5. The maximum atomic E-state index is 15.1. The number of rotatable bonds is 13. The van der Waals surface area contributed by atoms with Gasteiger partial charge in [-0.1, -0.05) is 61.6 Å². The summed E-state index contributed by atoms with van der Waals surface area (Å²) in [7, 11) is 0.368. The average Bonchev–Trinajstić information content (AvgIpc) is 3.61. The van der Waals surface area contributed by atoms with Crippen LogP contribution in [0.1, 0.15) is 56.2 Å². The van der Waals surface area contributed by atoms with Crippen molar-refractivity contribution in [2.75, 3.05) is 37.6 Å². The molecule has 3 aliphatic rings. The van der Waals surface area contributed by atoms with Crippen LogP contribution in [0.5, 0.6) is 5.75 Å². The number of esters is 1. The lowest BCUT2D eigenvalue weighted by Crippen LogP contribution is -2.52. The molecule has 0 unspecified atom stereocenters. The van der Waals surface area contributed by atoms with Gasteiger partial charge < -0.3 is 39.5 Å². The first-order valence-electron chi connectivity index (χ1n) is 19.1. The summed E-state index contributed by atoms with van der Waals surface area (Å²) in [5.41, 5.74) is 2.03. The maximum Gasteiger partial charge on any atom is 0.305 e. The Balaban J connectivity index is 1.42. The number of nitrogens with zero attached hydrogens (tertiary/aromatic N) is 2. The first kappa shape index (κ1) is 40.1. The molecule has 55 heavy (non-hydrogen) atoms. The summed E-state index contributed by atoms with van der Waals surface area (Å²) in [6.07, 6.45) is -0.120. The summed E-state index contributed by atoms with van der Waals surface area (Å²) in [6, 6.07) is 20.8. The van der Waals surface area contributed by atoms with Gasteiger partial charge in [-0.15, -0.1) is 0 Å². The zero-order chi connectivity index (χ0) is 39.7. The molecule has 3 heterocycles. The third-order valence-corrected chi connectivity index (χ3v) is 16.3. The number of hydrogen-bond acceptors (Lipinski definition) is 9. The van der Waals surface area contributed by atoms with Gasteiger partial charge in [0, 0.05) is 36.7 Å². The van der Waals surface area contributed by atoms with Crippen LogP contribution < -0.4 is 20.1 Å². The Morgan fingerprint density at radius 2 is 1.75 bits per heavy atom. The van der Waals surface area contributed by atoms with Gasteiger partial charge in [-0.2, -0.15) is 0 Å². The number of fused-ring (bicyclic) bond motifs is 3. The second-order valence-electron chi connectivity index (χ2n) is 15.6. The Hall–Kier alpha value is -4.56. The van der Waals surface area contributed by atoms with Gasteiger partial charge in [-0.05, 0) is 73.2 Å². The van der Waals surface area contributed by atoms with Crippen LogP contribution in [0, 0.1) is 5.92 Å². The summed E-state index contributed by atoms with van der Waals surface area (Å²) in [5.74, 6) is -1.02. The summed E-state index contributed by atoms with van der Waals surface area (Å²) in [4.78, 5) is 57.7. The van der Waals surface area contributed by atoms with E-state index >= 15 is 4.79 Å². The van der Waals surface area contributed by atoms with E-state index in [4.69, 9.17) is 14.2 Å². The van der Waals surface area contributed by atoms with Crippen LogP contribution in [0.4, 0.5) is 11.4 Å². The molecule has 0 radical (unpaired) electrons. The van der Waals surface area contributed by atoms with Crippen LogP contribution in [-0.2, 0) is 47.2 Å². The second-order valence-corrected chi connectivity index (χ2v) is 20.3. The van der Waals surface area contributed by atoms with Crippen molar-refractivity contribution in [1.82, 2.24) is 4.90 Å². The van der Waals surface area contributed by atoms with E-state index in [0.717, 1.165) is 22.1 Å². The third-order valence-electron chi connectivity index (χ3n) is 12.0. The number of anilines is 2. The Kier molecular flexibility index (Phi) is 11.9. The lowest BCUT2D eigenvalue weighted by Gasteiger charge is -2.39. The fraction of sp³-hybridized carbons (Fsp3) is 0.476. The number of aliphatic hydroxyl groups is 2. The van der Waals surface area contributed by atoms with E-state index in [1.54, 1.807) is 35.1 Å². The predicted molar refractivity (Wildman–Crippen MR) is 211 cm³/mol. The first-order valence-corrected chi connectivity index (χ1v) is 22.2. The number of hydrogen-bond donors (Lipinski definition) is 3. The van der Waals surface area contributed by atoms with Crippen molar-refractivity contribution < 1.29 is 43.6 Å². The van der Waals surface area contributed by atoms with E-state index in [1.807, 2.05) is 43.3 Å². The van der Waals surface area contributed by atoms with Crippen molar-refractivity contribution in [3.05, 3.63) is 83.4 Å². The quantitative estimate of drug-likeness (QED) is 0.131. The predicted octanol–water partition coefficient (Wildman–Crippen LogP) is 4.26. The van der Waals surface area contributed by atoms with Gasteiger partial charge in [0.1, 0.15) is 11.9 Å². The minimum atomic E-state index is -2.60. The number of carbonyl (C=O) groups is 4. The molecule has 294 valence electrons. The van der Waals surface area contributed by atoms with Crippen LogP contribution >= 0.6 is 0 Å². The molecule has 6 atom stereocenters. The molecule has 3 aromatic rings. The number of benzene rings is 3. The van der Waals surface area contributed by atoms with Crippen LogP contribution in [0.2, 0.25) is 18.6 Å². The van der Waals surface area contributed by atoms with E-state index in [2.05, 4.69) is 30.5 Å². The van der Waals surface area contributed by atoms with Crippen LogP contribution in [0.3, 0.4) is 0 Å². The number of ether oxygens (including phenoxy) is 3. The molecule has 0 aliphatic carbocycles. The molecule has 0 aromatic heterocycles. The van der Waals surface area contributed by atoms with E-state index in [1.165, 1.54) is 14.0 Å². The lowest BCUT2D eigenvalue weighted by molar-refractivity contribution is -0.151. The number of unbranched alkanes of at least 4 members (excludes halogenated alkanes) is 1. The van der Waals surface area contributed by atoms with Crippen molar-refractivity contribution in [3.8, 4) is 5.75 Å². The van der Waals surface area contributed by atoms with Gasteiger partial charge in [0.15, 0.2) is 5.60 Å². The Bertz CT molecular complexity index is 1920. The van der Waals surface area contributed by atoms with Gasteiger partial charge in [0.05, 0.1) is 53.2 Å². The van der Waals surface area contributed by atoms with Crippen LogP contribution in [0.25, 0.3) is 0 Å². The molecule has 12 nitrogen and oxygen atoms in total. The summed E-state index contributed by atoms with van der Waals surface area (Å²) >= 11 is 0. The zero-order valence-electron chi connectivity index (χ0n) is 32.5. The number of amides is 3. The van der Waals surface area contributed by atoms with Crippen molar-refractivity contribution >= 4 is 48.3 Å². The largest absolute Gasteiger partial charge is 0.497 e. The fourth-order valence-corrected chi connectivity index (χ4v) is 13.0. The molecule has 1 saturated heterocycles. The summed E-state index contributed by atoms with van der Waals surface area (Å²) in [5, 5.41) is 24.3. The number of methoxy groups -OCH3 is 2. The van der Waals surface area contributed by atoms with E-state index < -0.39 is 43.7 Å². The molecule has 3 aromatic carbocycles. The molecular weight excluding hydrogens is 719 g/mol. The van der Waals surface area contributed by atoms with Crippen LogP contribution in [0.15, 0.2) is 66.7 Å². The molecule has 6 rings (SSSR count). The lowest BCUT2D eigenvalue weighted by atomic mass is 9.82. The monoisotopic (exact) mass is 771 g/mol. The highest BCUT2D eigenvalue weighted by atomic mass is 28.3. The molecular formula is C42H53N3O9Si. The van der Waals surface area contributed by atoms with Crippen molar-refractivity contribution in [2.24, 2.45) is 5.92 Å². The molecule has 1 fully saturated rings. The van der Waals surface area contributed by atoms with Gasteiger partial charge in [0.25, 0.3) is 11.8 Å². The van der Waals surface area contributed by atoms with Gasteiger partial charge in [0.2, 0.25) is 5.91 Å². The van der Waals surface area contributed by atoms with Gasteiger partial charge >= 0.3 is 5.97 Å². The van der Waals surface area contributed by atoms with Crippen molar-refractivity contribution in [2.45, 2.75) is 95.0 Å². The molecule has 3 amide bonds. The van der Waals surface area contributed by atoms with Crippen molar-refractivity contribution in [3.63, 3.8) is 0 Å². The highest BCUT2D eigenvalue weighted by molar-refractivity contribution is 6.91. The molecule has 0 saturated carbocycles. The fourth-order valence-electron chi connectivity index (χ4n) is 9.03. The molecule has 3 aliphatic heterocycles. The second kappa shape index (κ2) is 16.3. The molecule has 1 spiro atoms. The van der Waals surface area contributed by atoms with Crippen molar-refractivity contribution in [1.29, 1.82) is 0 Å². The number of nitrogens with one attached hydrogen (secondary N) is 1. The van der Waals surface area contributed by atoms with E-state index in [-0.39, 0.29) is 42.8 Å². The maximum absolute atomic E-state index is 15.1. The Morgan fingerprint density at radius 3 is 2.40 bits per heavy atom. The average molecular weight is 772 g/mol. The zero-order valence-corrected chi connectivity index (χ0v) is 33.5. The molecule has 13 heteroatoms. The Labute approximate surface area is 323 Å². The van der Waals surface area contributed by atoms with E-state index in [0.29, 0.717) is 49.3 Å². The molecule has 0 bridgehead atoms. The number of carbonyl (C=O) groups excluding carboxylic acids is 4. The summed E-state index contributed by atoms with van der Waals surface area (Å²) in [6.45, 7) is 8.40. The molecule has 3 N–H and O–H groups in total. The first-order chi connectivity index (χ1) is 26.3. The topological polar surface area (TPSA) is 155 Å². The smallest absolute Gasteiger partial charge is 0.305 e. The minimum Gasteiger partial charge on any atom is -0.497 e. The SMILES string of the molecule is COC(=O)CCCCN1C(=O)[C@]2(O[C@H](CC(=O)N3Cc4ccccc4C[C@H]3CO)[C@@H]([Si](C)(C)c3ccc(OC)cc3)[C@@H]2C)c2cc(NC(=O)[C@H](C)O)ccc21. The van der Waals surface area contributed by atoms with Crippen LogP contribution in [-0.4, -0.2) is 92.5 Å². The normalized spacial score (nSPS) is 23.7. The highest BCUT2D eigenvalue weighted by Crippen LogP contribution is 2.60. The van der Waals surface area contributed by atoms with Gasteiger partial charge in [-0.25, -0.2) is 0 Å². The Morgan fingerprint density at radius 1 is 1.04 bits per heavy atom. The standard InChI is InChI=1S/C42H53N3O9Si/c1-26-39(55(5,6)33-17-15-32(52-3)16-18-33)36(23-37(48)45-24-29-12-8-7-11-28(29)21-31(45)25-46)54-42(26)34-22-30(43-40(50)27(2)47)14-19-35(34)44(41(42)51)20-10-9-13-38(49)53-4/h7-8,11-12,14-19,22,26-27,31,36,39,46-47H,9-10,13,20-21,23-25H2,1-6H3,(H,43,50)/t26-,27-,31-,36+,39-,42+/m0/s1. The van der Waals surface area contributed by atoms with Gasteiger partial charge in [-0.3, -0.25) is 19.2 Å². The number of aliphatic hydroxyl groups excluding tert-OH is 2. The third kappa shape index (κ3) is 7.54.